The molecule has 0 aliphatic carbocycles. The molecule has 0 bridgehead atoms. The zero-order valence-corrected chi connectivity index (χ0v) is 19.8. The molecule has 0 spiro atoms. The number of carbonyl (C=O) groups is 1. The third-order valence-electron chi connectivity index (χ3n) is 5.43. The van der Waals surface area contributed by atoms with Crippen LogP contribution in [0.2, 0.25) is 0 Å². The van der Waals surface area contributed by atoms with Gasteiger partial charge < -0.3 is 19.5 Å². The van der Waals surface area contributed by atoms with E-state index in [1.54, 1.807) is 43.5 Å². The molecule has 1 amide bonds. The highest BCUT2D eigenvalue weighted by Gasteiger charge is 2.24. The van der Waals surface area contributed by atoms with Crippen LogP contribution in [-0.2, 0) is 19.6 Å². The van der Waals surface area contributed by atoms with Gasteiger partial charge in [-0.25, -0.2) is 13.1 Å². The van der Waals surface area contributed by atoms with Crippen LogP contribution in [0.3, 0.4) is 0 Å². The first-order chi connectivity index (χ1) is 15.9. The van der Waals surface area contributed by atoms with Gasteiger partial charge >= 0.3 is 0 Å². The Morgan fingerprint density at radius 2 is 1.58 bits per heavy atom. The van der Waals surface area contributed by atoms with Crippen LogP contribution in [0.1, 0.15) is 18.0 Å². The van der Waals surface area contributed by atoms with Crippen LogP contribution in [0.5, 0.6) is 11.5 Å². The van der Waals surface area contributed by atoms with Crippen LogP contribution in [0.4, 0.5) is 0 Å². The van der Waals surface area contributed by atoms with Crippen molar-refractivity contribution in [2.75, 3.05) is 53.6 Å². The molecule has 1 atom stereocenters. The Bertz CT molecular complexity index is 990. The van der Waals surface area contributed by atoms with Gasteiger partial charge in [0.25, 0.3) is 0 Å². The normalized spacial score (nSPS) is 15.6. The van der Waals surface area contributed by atoms with Crippen molar-refractivity contribution < 1.29 is 27.4 Å². The van der Waals surface area contributed by atoms with Crippen molar-refractivity contribution in [3.8, 4) is 11.5 Å². The summed E-state index contributed by atoms with van der Waals surface area (Å²) in [5.41, 5.74) is 0.663. The van der Waals surface area contributed by atoms with Crippen LogP contribution in [-0.4, -0.2) is 72.8 Å². The number of amides is 1. The summed E-state index contributed by atoms with van der Waals surface area (Å²) in [5, 5.41) is 2.90. The number of hydrogen-bond donors (Lipinski definition) is 2. The molecule has 3 rings (SSSR count). The molecule has 2 N–H and O–H groups in total. The highest BCUT2D eigenvalue weighted by Crippen LogP contribution is 2.24. The number of sulfonamides is 1. The second kappa shape index (κ2) is 12.0. The lowest BCUT2D eigenvalue weighted by Gasteiger charge is -2.26. The molecule has 1 saturated heterocycles. The number of hydrogen-bond acceptors (Lipinski definition) is 7. The molecule has 2 aromatic rings. The molecule has 0 aromatic heterocycles. The zero-order valence-electron chi connectivity index (χ0n) is 19.0. The minimum atomic E-state index is -3.87. The molecule has 1 fully saturated rings. The van der Waals surface area contributed by atoms with Gasteiger partial charge in [-0.1, -0.05) is 12.1 Å². The third kappa shape index (κ3) is 7.43. The van der Waals surface area contributed by atoms with Gasteiger partial charge in [0.1, 0.15) is 11.5 Å². The number of methoxy groups -OCH3 is 2. The second-order valence-electron chi connectivity index (χ2n) is 7.63. The Kier molecular flexibility index (Phi) is 9.07. The fraction of sp³-hybridized carbons (Fsp3) is 0.435. The molecule has 1 heterocycles. The Hall–Kier alpha value is -2.66. The molecule has 0 saturated carbocycles. The standard InChI is InChI=1S/C23H31N3O6S/c1-30-19-5-3-18(4-6-19)22(17-23(27)24-11-12-26-13-15-32-16-14-26)25-33(28,29)21-9-7-20(31-2)8-10-21/h3-10,22,25H,11-17H2,1-2H3,(H,24,27)/t22-/m0/s1. The summed E-state index contributed by atoms with van der Waals surface area (Å²) in [6, 6.07) is 12.3. The molecule has 2 aromatic carbocycles. The van der Waals surface area contributed by atoms with E-state index in [0.29, 0.717) is 36.8 Å². The lowest BCUT2D eigenvalue weighted by molar-refractivity contribution is -0.121. The number of benzene rings is 2. The maximum absolute atomic E-state index is 13.0. The zero-order chi connectivity index (χ0) is 23.7. The Balaban J connectivity index is 1.69. The monoisotopic (exact) mass is 477 g/mol. The van der Waals surface area contributed by atoms with Crippen molar-refractivity contribution >= 4 is 15.9 Å². The van der Waals surface area contributed by atoms with E-state index in [2.05, 4.69) is 14.9 Å². The number of nitrogens with zero attached hydrogens (tertiary/aromatic N) is 1. The van der Waals surface area contributed by atoms with E-state index < -0.39 is 16.1 Å². The molecule has 9 nitrogen and oxygen atoms in total. The number of nitrogens with one attached hydrogen (secondary N) is 2. The van der Waals surface area contributed by atoms with Gasteiger partial charge in [0.15, 0.2) is 0 Å². The van der Waals surface area contributed by atoms with Crippen LogP contribution in [0, 0.1) is 0 Å². The summed E-state index contributed by atoms with van der Waals surface area (Å²) in [5.74, 6) is 0.965. The van der Waals surface area contributed by atoms with E-state index in [1.165, 1.54) is 19.2 Å². The molecular weight excluding hydrogens is 446 g/mol. The molecule has 1 aliphatic rings. The number of carbonyl (C=O) groups excluding carboxylic acids is 1. The van der Waals surface area contributed by atoms with Crippen molar-refractivity contribution in [3.63, 3.8) is 0 Å². The van der Waals surface area contributed by atoms with Crippen molar-refractivity contribution in [2.24, 2.45) is 0 Å². The lowest BCUT2D eigenvalue weighted by Crippen LogP contribution is -2.42. The van der Waals surface area contributed by atoms with Gasteiger partial charge in [-0.15, -0.1) is 0 Å². The Morgan fingerprint density at radius 3 is 2.15 bits per heavy atom. The van der Waals surface area contributed by atoms with Crippen molar-refractivity contribution in [1.82, 2.24) is 14.9 Å². The second-order valence-corrected chi connectivity index (χ2v) is 9.34. The summed E-state index contributed by atoms with van der Waals surface area (Å²) < 4.78 is 44.3. The maximum atomic E-state index is 13.0. The quantitative estimate of drug-likeness (QED) is 0.506. The van der Waals surface area contributed by atoms with Crippen LogP contribution < -0.4 is 19.5 Å². The first-order valence-electron chi connectivity index (χ1n) is 10.8. The van der Waals surface area contributed by atoms with Gasteiger partial charge in [-0.2, -0.15) is 0 Å². The van der Waals surface area contributed by atoms with Gasteiger partial charge in [0.05, 0.1) is 38.4 Å². The third-order valence-corrected chi connectivity index (χ3v) is 6.92. The highest BCUT2D eigenvalue weighted by molar-refractivity contribution is 7.89. The summed E-state index contributed by atoms with van der Waals surface area (Å²) >= 11 is 0. The van der Waals surface area contributed by atoms with Gasteiger partial charge in [-0.3, -0.25) is 9.69 Å². The topological polar surface area (TPSA) is 106 Å². The molecule has 10 heteroatoms. The molecule has 33 heavy (non-hydrogen) atoms. The molecule has 0 unspecified atom stereocenters. The summed E-state index contributed by atoms with van der Waals surface area (Å²) in [6.07, 6.45) is -0.0369. The minimum Gasteiger partial charge on any atom is -0.497 e. The van der Waals surface area contributed by atoms with E-state index in [9.17, 15) is 13.2 Å². The summed E-state index contributed by atoms with van der Waals surface area (Å²) in [6.45, 7) is 4.28. The van der Waals surface area contributed by atoms with E-state index in [1.807, 2.05) is 0 Å². The first-order valence-corrected chi connectivity index (χ1v) is 12.3. The first kappa shape index (κ1) is 25.0. The van der Waals surface area contributed by atoms with Gasteiger partial charge in [0, 0.05) is 32.6 Å². The largest absolute Gasteiger partial charge is 0.497 e. The number of ether oxygens (including phenoxy) is 3. The maximum Gasteiger partial charge on any atom is 0.241 e. The van der Waals surface area contributed by atoms with Crippen molar-refractivity contribution in [2.45, 2.75) is 17.4 Å². The molecule has 1 aliphatic heterocycles. The van der Waals surface area contributed by atoms with E-state index >= 15 is 0 Å². The summed E-state index contributed by atoms with van der Waals surface area (Å²) in [4.78, 5) is 15.0. The Labute approximate surface area is 195 Å². The fourth-order valence-corrected chi connectivity index (χ4v) is 4.73. The number of rotatable bonds is 11. The van der Waals surface area contributed by atoms with E-state index in [4.69, 9.17) is 14.2 Å². The van der Waals surface area contributed by atoms with E-state index in [-0.39, 0.29) is 17.2 Å². The van der Waals surface area contributed by atoms with Gasteiger partial charge in [-0.05, 0) is 42.0 Å². The average molecular weight is 478 g/mol. The van der Waals surface area contributed by atoms with Crippen molar-refractivity contribution in [1.29, 1.82) is 0 Å². The predicted molar refractivity (Wildman–Crippen MR) is 124 cm³/mol. The predicted octanol–water partition coefficient (Wildman–Crippen LogP) is 1.56. The van der Waals surface area contributed by atoms with Crippen LogP contribution >= 0.6 is 0 Å². The average Bonchev–Trinajstić information content (AvgIpc) is 2.84. The fourth-order valence-electron chi connectivity index (χ4n) is 3.51. The molecular formula is C23H31N3O6S. The lowest BCUT2D eigenvalue weighted by atomic mass is 10.0. The van der Waals surface area contributed by atoms with Crippen LogP contribution in [0.15, 0.2) is 53.4 Å². The molecule has 180 valence electrons. The molecule has 0 radical (unpaired) electrons. The minimum absolute atomic E-state index is 0.0369. The highest BCUT2D eigenvalue weighted by atomic mass is 32.2. The summed E-state index contributed by atoms with van der Waals surface area (Å²) in [7, 11) is -0.801. The smallest absolute Gasteiger partial charge is 0.241 e. The number of morpholine rings is 1. The van der Waals surface area contributed by atoms with E-state index in [0.717, 1.165) is 19.6 Å². The van der Waals surface area contributed by atoms with Crippen LogP contribution in [0.25, 0.3) is 0 Å². The SMILES string of the molecule is COc1ccc([C@H](CC(=O)NCCN2CCOCC2)NS(=O)(=O)c2ccc(OC)cc2)cc1. The van der Waals surface area contributed by atoms with Gasteiger partial charge in [0.2, 0.25) is 15.9 Å². The van der Waals surface area contributed by atoms with Crippen molar-refractivity contribution in [3.05, 3.63) is 54.1 Å². The Morgan fingerprint density at radius 1 is 1.00 bits per heavy atom.